The number of aliphatic hydroxyl groups excluding tert-OH is 1. The lowest BCUT2D eigenvalue weighted by Crippen LogP contribution is -3.12. The van der Waals surface area contributed by atoms with E-state index in [1.165, 1.54) is 4.90 Å². The number of aliphatic hydroxyl groups is 1. The van der Waals surface area contributed by atoms with Gasteiger partial charge in [0.1, 0.15) is 5.76 Å². The van der Waals surface area contributed by atoms with E-state index in [4.69, 9.17) is 11.6 Å². The maximum absolute atomic E-state index is 12.9. The summed E-state index contributed by atoms with van der Waals surface area (Å²) >= 11 is 5.94. The molecular weight excluding hydrogens is 388 g/mol. The Balaban J connectivity index is 2.06. The first-order valence-electron chi connectivity index (χ1n) is 9.90. The van der Waals surface area contributed by atoms with E-state index in [1.54, 1.807) is 29.2 Å². The van der Waals surface area contributed by atoms with Crippen molar-refractivity contribution in [3.05, 3.63) is 76.3 Å². The fourth-order valence-corrected chi connectivity index (χ4v) is 3.86. The molecule has 3 rings (SSSR count). The van der Waals surface area contributed by atoms with Crippen LogP contribution in [-0.2, 0) is 9.59 Å². The minimum atomic E-state index is -0.652. The van der Waals surface area contributed by atoms with Gasteiger partial charge in [0.2, 0.25) is 0 Å². The Morgan fingerprint density at radius 2 is 1.66 bits per heavy atom. The molecule has 1 aliphatic rings. The number of likely N-dealkylation sites (N-methyl/N-ethyl adjacent to an activating group) is 1. The van der Waals surface area contributed by atoms with Gasteiger partial charge in [-0.05, 0) is 43.7 Å². The molecule has 6 heteroatoms. The normalized spacial score (nSPS) is 18.6. The van der Waals surface area contributed by atoms with Crippen molar-refractivity contribution < 1.29 is 19.6 Å². The molecule has 0 radical (unpaired) electrons. The van der Waals surface area contributed by atoms with Crippen LogP contribution in [0.15, 0.2) is 60.2 Å². The molecule has 29 heavy (non-hydrogen) atoms. The second-order valence-electron chi connectivity index (χ2n) is 7.12. The zero-order valence-electron chi connectivity index (χ0n) is 16.7. The van der Waals surface area contributed by atoms with Crippen LogP contribution in [-0.4, -0.2) is 47.9 Å². The fourth-order valence-electron chi connectivity index (χ4n) is 3.74. The van der Waals surface area contributed by atoms with Crippen molar-refractivity contribution in [3.63, 3.8) is 0 Å². The summed E-state index contributed by atoms with van der Waals surface area (Å²) in [5.74, 6) is -1.40. The molecule has 0 spiro atoms. The van der Waals surface area contributed by atoms with Gasteiger partial charge in [0, 0.05) is 10.6 Å². The summed E-state index contributed by atoms with van der Waals surface area (Å²) in [6, 6.07) is 15.4. The number of Topliss-reactive ketones (excluding diaryl/α,β-unsaturated/α-hetero) is 1. The maximum Gasteiger partial charge on any atom is 0.295 e. The topological polar surface area (TPSA) is 62.0 Å². The molecule has 1 unspecified atom stereocenters. The van der Waals surface area contributed by atoms with Crippen LogP contribution in [0.4, 0.5) is 0 Å². The molecule has 1 aliphatic heterocycles. The zero-order chi connectivity index (χ0) is 21.0. The molecule has 0 aliphatic carbocycles. The van der Waals surface area contributed by atoms with Crippen LogP contribution in [0.5, 0.6) is 0 Å². The van der Waals surface area contributed by atoms with Crippen molar-refractivity contribution in [2.24, 2.45) is 0 Å². The minimum absolute atomic E-state index is 0.123. The molecule has 2 N–H and O–H groups in total. The summed E-state index contributed by atoms with van der Waals surface area (Å²) in [5, 5.41) is 11.5. The SMILES string of the molecule is CC[NH+](CC)CCN1C(=O)C(=O)C(=C(O)c2ccc(Cl)cc2)C1c1ccccc1. The van der Waals surface area contributed by atoms with Crippen LogP contribution in [0.3, 0.4) is 0 Å². The number of carbonyl (C=O) groups is 2. The van der Waals surface area contributed by atoms with E-state index in [0.29, 0.717) is 17.1 Å². The van der Waals surface area contributed by atoms with Gasteiger partial charge in [-0.1, -0.05) is 41.9 Å². The lowest BCUT2D eigenvalue weighted by Gasteiger charge is -2.26. The van der Waals surface area contributed by atoms with Crippen molar-refractivity contribution >= 4 is 29.1 Å². The predicted octanol–water partition coefficient (Wildman–Crippen LogP) is 2.69. The molecule has 1 heterocycles. The quantitative estimate of drug-likeness (QED) is 0.417. The van der Waals surface area contributed by atoms with E-state index >= 15 is 0 Å². The highest BCUT2D eigenvalue weighted by atomic mass is 35.5. The van der Waals surface area contributed by atoms with Crippen LogP contribution in [0, 0.1) is 0 Å². The van der Waals surface area contributed by atoms with Gasteiger partial charge in [-0.25, -0.2) is 0 Å². The summed E-state index contributed by atoms with van der Waals surface area (Å²) in [6.07, 6.45) is 0. The number of hydrogen-bond acceptors (Lipinski definition) is 3. The van der Waals surface area contributed by atoms with E-state index in [-0.39, 0.29) is 11.3 Å². The number of carbonyl (C=O) groups excluding carboxylic acids is 2. The van der Waals surface area contributed by atoms with Crippen molar-refractivity contribution in [3.8, 4) is 0 Å². The number of nitrogens with zero attached hydrogens (tertiary/aromatic N) is 1. The largest absolute Gasteiger partial charge is 0.507 e. The van der Waals surface area contributed by atoms with Crippen molar-refractivity contribution in [2.45, 2.75) is 19.9 Å². The van der Waals surface area contributed by atoms with E-state index in [0.717, 1.165) is 25.2 Å². The van der Waals surface area contributed by atoms with Gasteiger partial charge in [0.05, 0.1) is 37.8 Å². The number of likely N-dealkylation sites (tertiary alicyclic amines) is 1. The highest BCUT2D eigenvalue weighted by Gasteiger charge is 2.46. The second-order valence-corrected chi connectivity index (χ2v) is 7.55. The van der Waals surface area contributed by atoms with Gasteiger partial charge < -0.3 is 14.9 Å². The van der Waals surface area contributed by atoms with Crippen LogP contribution in [0.1, 0.15) is 31.0 Å². The number of ketones is 1. The summed E-state index contributed by atoms with van der Waals surface area (Å²) in [5.41, 5.74) is 1.39. The van der Waals surface area contributed by atoms with Crippen molar-refractivity contribution in [1.82, 2.24) is 4.90 Å². The molecule has 1 atom stereocenters. The van der Waals surface area contributed by atoms with Crippen LogP contribution in [0.25, 0.3) is 5.76 Å². The Morgan fingerprint density at radius 1 is 1.03 bits per heavy atom. The van der Waals surface area contributed by atoms with E-state index in [2.05, 4.69) is 13.8 Å². The summed E-state index contributed by atoms with van der Waals surface area (Å²) in [7, 11) is 0. The molecule has 0 bridgehead atoms. The van der Waals surface area contributed by atoms with Gasteiger partial charge in [-0.15, -0.1) is 0 Å². The molecule has 1 saturated heterocycles. The van der Waals surface area contributed by atoms with Crippen molar-refractivity contribution in [2.75, 3.05) is 26.2 Å². The number of benzene rings is 2. The van der Waals surface area contributed by atoms with Gasteiger partial charge >= 0.3 is 0 Å². The molecule has 1 fully saturated rings. The van der Waals surface area contributed by atoms with Gasteiger partial charge in [0.25, 0.3) is 11.7 Å². The standard InChI is InChI=1S/C23H25ClN2O3/c1-3-25(4-2)14-15-26-20(16-8-6-5-7-9-16)19(22(28)23(26)29)21(27)17-10-12-18(24)13-11-17/h5-13,20,27H,3-4,14-15H2,1-2H3/p+1. The Labute approximate surface area is 176 Å². The average molecular weight is 414 g/mol. The lowest BCUT2D eigenvalue weighted by molar-refractivity contribution is -0.895. The molecule has 2 aromatic carbocycles. The molecule has 5 nitrogen and oxygen atoms in total. The van der Waals surface area contributed by atoms with Crippen LogP contribution < -0.4 is 4.90 Å². The third kappa shape index (κ3) is 4.36. The number of amides is 1. The first kappa shape index (κ1) is 21.1. The Hall–Kier alpha value is -2.63. The Bertz CT molecular complexity index is 905. The number of nitrogens with one attached hydrogen (secondary N) is 1. The zero-order valence-corrected chi connectivity index (χ0v) is 17.4. The van der Waals surface area contributed by atoms with Crippen molar-refractivity contribution in [1.29, 1.82) is 0 Å². The second kappa shape index (κ2) is 9.25. The monoisotopic (exact) mass is 413 g/mol. The third-order valence-corrected chi connectivity index (χ3v) is 5.73. The molecule has 0 saturated carbocycles. The summed E-state index contributed by atoms with van der Waals surface area (Å²) < 4.78 is 0. The van der Waals surface area contributed by atoms with Gasteiger partial charge in [0.15, 0.2) is 0 Å². The molecule has 152 valence electrons. The molecule has 2 aromatic rings. The Morgan fingerprint density at radius 3 is 2.24 bits per heavy atom. The number of quaternary nitrogens is 1. The smallest absolute Gasteiger partial charge is 0.295 e. The summed E-state index contributed by atoms with van der Waals surface area (Å²) in [4.78, 5) is 28.7. The number of rotatable bonds is 7. The van der Waals surface area contributed by atoms with Gasteiger partial charge in [-0.2, -0.15) is 0 Å². The Kier molecular flexibility index (Phi) is 6.72. The average Bonchev–Trinajstić information content (AvgIpc) is 3.00. The highest BCUT2D eigenvalue weighted by Crippen LogP contribution is 2.39. The predicted molar refractivity (Wildman–Crippen MR) is 114 cm³/mol. The van der Waals surface area contributed by atoms with E-state index < -0.39 is 17.7 Å². The molecular formula is C23H26ClN2O3+. The molecule has 0 aromatic heterocycles. The third-order valence-electron chi connectivity index (χ3n) is 5.48. The first-order valence-corrected chi connectivity index (χ1v) is 10.3. The molecule has 1 amide bonds. The van der Waals surface area contributed by atoms with Crippen LogP contribution in [0.2, 0.25) is 5.02 Å². The fraction of sp³-hybridized carbons (Fsp3) is 0.304. The van der Waals surface area contributed by atoms with Crippen LogP contribution >= 0.6 is 11.6 Å². The summed E-state index contributed by atoms with van der Waals surface area (Å²) in [6.45, 7) is 7.27. The number of halogens is 1. The highest BCUT2D eigenvalue weighted by molar-refractivity contribution is 6.46. The number of hydrogen-bond donors (Lipinski definition) is 2. The minimum Gasteiger partial charge on any atom is -0.507 e. The van der Waals surface area contributed by atoms with Gasteiger partial charge in [-0.3, -0.25) is 9.59 Å². The first-order chi connectivity index (χ1) is 14.0. The van der Waals surface area contributed by atoms with E-state index in [9.17, 15) is 14.7 Å². The maximum atomic E-state index is 12.9. The lowest BCUT2D eigenvalue weighted by atomic mass is 9.95. The van der Waals surface area contributed by atoms with E-state index in [1.807, 2.05) is 30.3 Å².